The SMILES string of the molecule is O=C(CC1(O)C(=O)Nc2ccc(F)cc21)c1cc2ccccc2oc1=O. The molecular weight excluding hydrogens is 341 g/mol. The molecule has 2 aromatic carbocycles. The van der Waals surface area contributed by atoms with Gasteiger partial charge < -0.3 is 14.8 Å². The van der Waals surface area contributed by atoms with Crippen molar-refractivity contribution in [3.63, 3.8) is 0 Å². The van der Waals surface area contributed by atoms with Crippen molar-refractivity contribution >= 4 is 28.3 Å². The van der Waals surface area contributed by atoms with Crippen LogP contribution < -0.4 is 10.9 Å². The molecule has 0 fully saturated rings. The van der Waals surface area contributed by atoms with Crippen molar-refractivity contribution in [1.29, 1.82) is 0 Å². The van der Waals surface area contributed by atoms with Gasteiger partial charge in [-0.2, -0.15) is 0 Å². The van der Waals surface area contributed by atoms with Gasteiger partial charge in [-0.3, -0.25) is 9.59 Å². The van der Waals surface area contributed by atoms with Crippen molar-refractivity contribution in [2.24, 2.45) is 0 Å². The van der Waals surface area contributed by atoms with Crippen molar-refractivity contribution in [3.05, 3.63) is 75.9 Å². The number of fused-ring (bicyclic) bond motifs is 2. The molecule has 6 nitrogen and oxygen atoms in total. The van der Waals surface area contributed by atoms with Gasteiger partial charge >= 0.3 is 5.63 Å². The summed E-state index contributed by atoms with van der Waals surface area (Å²) in [6.45, 7) is 0. The van der Waals surface area contributed by atoms with Crippen molar-refractivity contribution < 1.29 is 23.5 Å². The van der Waals surface area contributed by atoms with Crippen LogP contribution in [0.1, 0.15) is 22.3 Å². The normalized spacial score (nSPS) is 18.6. The molecule has 2 heterocycles. The fourth-order valence-corrected chi connectivity index (χ4v) is 3.08. The molecule has 0 bridgehead atoms. The third-order valence-corrected chi connectivity index (χ3v) is 4.41. The van der Waals surface area contributed by atoms with Gasteiger partial charge in [0.25, 0.3) is 5.91 Å². The lowest BCUT2D eigenvalue weighted by Crippen LogP contribution is -2.37. The third kappa shape index (κ3) is 2.41. The second-order valence-electron chi connectivity index (χ2n) is 6.09. The number of anilines is 1. The average Bonchev–Trinajstić information content (AvgIpc) is 2.85. The highest BCUT2D eigenvalue weighted by Gasteiger charge is 2.47. The predicted molar refractivity (Wildman–Crippen MR) is 90.4 cm³/mol. The van der Waals surface area contributed by atoms with Crippen LogP contribution in [0.5, 0.6) is 0 Å². The van der Waals surface area contributed by atoms with Crippen molar-refractivity contribution in [2.45, 2.75) is 12.0 Å². The highest BCUT2D eigenvalue weighted by atomic mass is 19.1. The molecule has 3 aromatic rings. The van der Waals surface area contributed by atoms with Crippen LogP contribution in [-0.2, 0) is 10.4 Å². The second-order valence-corrected chi connectivity index (χ2v) is 6.09. The molecule has 4 rings (SSSR count). The van der Waals surface area contributed by atoms with Gasteiger partial charge in [0.15, 0.2) is 11.4 Å². The summed E-state index contributed by atoms with van der Waals surface area (Å²) in [4.78, 5) is 36.9. The number of halogens is 1. The Morgan fingerprint density at radius 3 is 2.73 bits per heavy atom. The Hall–Kier alpha value is -3.32. The van der Waals surface area contributed by atoms with E-state index < -0.39 is 35.2 Å². The molecule has 0 spiro atoms. The lowest BCUT2D eigenvalue weighted by Gasteiger charge is -2.19. The monoisotopic (exact) mass is 353 g/mol. The molecule has 2 N–H and O–H groups in total. The largest absolute Gasteiger partial charge is 0.422 e. The fraction of sp³-hybridized carbons (Fsp3) is 0.105. The fourth-order valence-electron chi connectivity index (χ4n) is 3.08. The molecule has 1 amide bonds. The Morgan fingerprint density at radius 1 is 1.15 bits per heavy atom. The lowest BCUT2D eigenvalue weighted by atomic mass is 9.88. The van der Waals surface area contributed by atoms with Crippen LogP contribution in [0.3, 0.4) is 0 Å². The van der Waals surface area contributed by atoms with Gasteiger partial charge in [-0.05, 0) is 30.3 Å². The summed E-state index contributed by atoms with van der Waals surface area (Å²) in [7, 11) is 0. The van der Waals surface area contributed by atoms with Crippen LogP contribution in [0, 0.1) is 5.82 Å². The summed E-state index contributed by atoms with van der Waals surface area (Å²) < 4.78 is 18.6. The summed E-state index contributed by atoms with van der Waals surface area (Å²) in [5.41, 5.74) is -2.91. The van der Waals surface area contributed by atoms with Crippen LogP contribution in [0.4, 0.5) is 10.1 Å². The number of amides is 1. The van der Waals surface area contributed by atoms with Gasteiger partial charge in [-0.15, -0.1) is 0 Å². The van der Waals surface area contributed by atoms with Crippen LogP contribution in [-0.4, -0.2) is 16.8 Å². The Kier molecular flexibility index (Phi) is 3.48. The minimum atomic E-state index is -2.26. The Balaban J connectivity index is 1.75. The molecule has 1 aliphatic rings. The van der Waals surface area contributed by atoms with E-state index in [4.69, 9.17) is 4.42 Å². The zero-order valence-electron chi connectivity index (χ0n) is 13.3. The quantitative estimate of drug-likeness (QED) is 0.556. The van der Waals surface area contributed by atoms with Gasteiger partial charge in [0.2, 0.25) is 0 Å². The summed E-state index contributed by atoms with van der Waals surface area (Å²) in [5, 5.41) is 13.7. The molecule has 1 unspecified atom stereocenters. The second kappa shape index (κ2) is 5.60. The number of Topliss-reactive ketones (excluding diaryl/α,β-unsaturated/α-hetero) is 1. The van der Waals surface area contributed by atoms with Gasteiger partial charge in [0, 0.05) is 16.6 Å². The van der Waals surface area contributed by atoms with Crippen LogP contribution in [0.25, 0.3) is 11.0 Å². The zero-order valence-corrected chi connectivity index (χ0v) is 13.3. The first kappa shape index (κ1) is 16.2. The molecular formula is C19H12FNO5. The predicted octanol–water partition coefficient (Wildman–Crippen LogP) is 2.34. The minimum Gasteiger partial charge on any atom is -0.422 e. The van der Waals surface area contributed by atoms with Crippen molar-refractivity contribution in [1.82, 2.24) is 0 Å². The topological polar surface area (TPSA) is 96.6 Å². The van der Waals surface area contributed by atoms with Gasteiger partial charge in [0.1, 0.15) is 17.0 Å². The average molecular weight is 353 g/mol. The van der Waals surface area contributed by atoms with E-state index >= 15 is 0 Å². The molecule has 1 aliphatic heterocycles. The smallest absolute Gasteiger partial charge is 0.347 e. The van der Waals surface area contributed by atoms with Gasteiger partial charge in [0.05, 0.1) is 6.42 Å². The number of nitrogens with one attached hydrogen (secondary N) is 1. The molecule has 1 aromatic heterocycles. The number of carbonyl (C=O) groups excluding carboxylic acids is 2. The number of ketones is 1. The highest BCUT2D eigenvalue weighted by molar-refractivity contribution is 6.09. The zero-order chi connectivity index (χ0) is 18.5. The minimum absolute atomic E-state index is 0.0407. The first-order valence-corrected chi connectivity index (χ1v) is 7.78. The number of carbonyl (C=O) groups is 2. The van der Waals surface area contributed by atoms with E-state index in [-0.39, 0.29) is 16.8 Å². The van der Waals surface area contributed by atoms with Crippen LogP contribution in [0.15, 0.2) is 57.7 Å². The van der Waals surface area contributed by atoms with E-state index in [0.29, 0.717) is 11.0 Å². The maximum absolute atomic E-state index is 13.5. The third-order valence-electron chi connectivity index (χ3n) is 4.41. The van der Waals surface area contributed by atoms with Crippen LogP contribution in [0.2, 0.25) is 0 Å². The Labute approximate surface area is 145 Å². The summed E-state index contributed by atoms with van der Waals surface area (Å²) in [5.74, 6) is -2.28. The Morgan fingerprint density at radius 2 is 1.92 bits per heavy atom. The molecule has 130 valence electrons. The maximum atomic E-state index is 13.5. The molecule has 0 radical (unpaired) electrons. The summed E-state index contributed by atoms with van der Waals surface area (Å²) in [6, 6.07) is 11.4. The number of rotatable bonds is 3. The number of benzene rings is 2. The molecule has 0 saturated heterocycles. The molecule has 1 atom stereocenters. The van der Waals surface area contributed by atoms with E-state index in [9.17, 15) is 23.9 Å². The maximum Gasteiger partial charge on any atom is 0.347 e. The number of aliphatic hydroxyl groups is 1. The van der Waals surface area contributed by atoms with E-state index in [1.54, 1.807) is 24.3 Å². The van der Waals surface area contributed by atoms with E-state index in [2.05, 4.69) is 5.32 Å². The van der Waals surface area contributed by atoms with Crippen LogP contribution >= 0.6 is 0 Å². The molecule has 7 heteroatoms. The van der Waals surface area contributed by atoms with Crippen molar-refractivity contribution in [3.8, 4) is 0 Å². The Bertz CT molecular complexity index is 1140. The molecule has 0 aliphatic carbocycles. The van der Waals surface area contributed by atoms with Gasteiger partial charge in [-0.1, -0.05) is 18.2 Å². The lowest BCUT2D eigenvalue weighted by molar-refractivity contribution is -0.133. The summed E-state index contributed by atoms with van der Waals surface area (Å²) >= 11 is 0. The first-order valence-electron chi connectivity index (χ1n) is 7.78. The van der Waals surface area contributed by atoms with E-state index in [0.717, 1.165) is 12.1 Å². The van der Waals surface area contributed by atoms with E-state index in [1.165, 1.54) is 12.1 Å². The molecule has 26 heavy (non-hydrogen) atoms. The van der Waals surface area contributed by atoms with Crippen molar-refractivity contribution in [2.75, 3.05) is 5.32 Å². The highest BCUT2D eigenvalue weighted by Crippen LogP contribution is 2.39. The number of hydrogen-bond acceptors (Lipinski definition) is 5. The molecule has 0 saturated carbocycles. The standard InChI is InChI=1S/C19H12FNO5/c20-11-5-6-14-13(8-11)19(25,18(24)21-14)9-15(22)12-7-10-3-1-2-4-16(10)26-17(12)23/h1-8,25H,9H2,(H,21,24). The number of hydrogen-bond donors (Lipinski definition) is 2. The first-order chi connectivity index (χ1) is 12.4. The number of para-hydroxylation sites is 1. The van der Waals surface area contributed by atoms with Gasteiger partial charge in [-0.25, -0.2) is 9.18 Å². The summed E-state index contributed by atoms with van der Waals surface area (Å²) in [6.07, 6.45) is -0.710. The van der Waals surface area contributed by atoms with E-state index in [1.807, 2.05) is 0 Å².